The molecule has 1 aliphatic heterocycles. The molecule has 3 rings (SSSR count). The zero-order valence-electron chi connectivity index (χ0n) is 14.9. The Morgan fingerprint density at radius 2 is 1.62 bits per heavy atom. The van der Waals surface area contributed by atoms with Crippen molar-refractivity contribution in [1.82, 2.24) is 0 Å². The minimum Gasteiger partial charge on any atom is -0.378 e. The average molecular weight is 326 g/mol. The van der Waals surface area contributed by atoms with E-state index in [0.29, 0.717) is 6.04 Å². The van der Waals surface area contributed by atoms with E-state index in [2.05, 4.69) is 84.2 Å². The predicted molar refractivity (Wildman–Crippen MR) is 101 cm³/mol. The van der Waals surface area contributed by atoms with Crippen LogP contribution >= 0.6 is 0 Å². The Morgan fingerprint density at radius 3 is 2.17 bits per heavy atom. The Morgan fingerprint density at radius 1 is 1.00 bits per heavy atom. The largest absolute Gasteiger partial charge is 0.378 e. The lowest BCUT2D eigenvalue weighted by atomic mass is 10.0. The zero-order chi connectivity index (χ0) is 16.9. The maximum atomic E-state index is 4.23. The van der Waals surface area contributed by atoms with E-state index in [9.17, 15) is 0 Å². The van der Waals surface area contributed by atoms with E-state index in [0.717, 1.165) is 19.6 Å². The van der Waals surface area contributed by atoms with Gasteiger partial charge in [0, 0.05) is 31.0 Å². The van der Waals surface area contributed by atoms with Crippen LogP contribution in [0.1, 0.15) is 11.6 Å². The van der Waals surface area contributed by atoms with E-state index >= 15 is 0 Å². The standard InChI is InChI=1S/C20H28N4/c1-22(2)18-10-8-17(9-11-18)20(16-21)24-14-12-23(13-15-24)19-6-4-3-5-7-19/h3-11,20H,12-16,21H2,1-2H3/p+2/t20-/m1/s1. The highest BCUT2D eigenvalue weighted by Crippen LogP contribution is 2.17. The monoisotopic (exact) mass is 326 g/mol. The molecule has 1 aliphatic rings. The molecule has 1 saturated heterocycles. The van der Waals surface area contributed by atoms with Gasteiger partial charge >= 0.3 is 0 Å². The number of nitrogens with zero attached hydrogens (tertiary/aromatic N) is 2. The highest BCUT2D eigenvalue weighted by Gasteiger charge is 2.29. The first-order valence-electron chi connectivity index (χ1n) is 8.90. The molecule has 4 heteroatoms. The summed E-state index contributed by atoms with van der Waals surface area (Å²) in [4.78, 5) is 6.31. The minimum absolute atomic E-state index is 0.499. The summed E-state index contributed by atoms with van der Waals surface area (Å²) in [6, 6.07) is 20.3. The van der Waals surface area contributed by atoms with Gasteiger partial charge in [-0.15, -0.1) is 0 Å². The highest BCUT2D eigenvalue weighted by molar-refractivity contribution is 5.47. The summed E-state index contributed by atoms with van der Waals surface area (Å²) in [5.74, 6) is 0. The van der Waals surface area contributed by atoms with Crippen LogP contribution in [-0.2, 0) is 0 Å². The fourth-order valence-electron chi connectivity index (χ4n) is 3.65. The lowest BCUT2D eigenvalue weighted by Crippen LogP contribution is -3.16. The number of quaternary nitrogens is 2. The Balaban J connectivity index is 1.65. The van der Waals surface area contributed by atoms with Crippen LogP contribution in [0.4, 0.5) is 11.4 Å². The number of hydrogen-bond acceptors (Lipinski definition) is 2. The van der Waals surface area contributed by atoms with Gasteiger partial charge in [0.25, 0.3) is 0 Å². The SMILES string of the molecule is CN(C)c1ccc([C@@H](C[NH3+])[NH+]2CCN(c3ccccc3)CC2)cc1. The molecule has 0 amide bonds. The highest BCUT2D eigenvalue weighted by atomic mass is 15.3. The molecule has 2 aromatic carbocycles. The van der Waals surface area contributed by atoms with E-state index in [1.807, 2.05) is 0 Å². The molecule has 24 heavy (non-hydrogen) atoms. The van der Waals surface area contributed by atoms with Crippen LogP contribution in [0.3, 0.4) is 0 Å². The minimum atomic E-state index is 0.499. The maximum absolute atomic E-state index is 4.23. The van der Waals surface area contributed by atoms with E-state index in [-0.39, 0.29) is 0 Å². The molecule has 0 spiro atoms. The van der Waals surface area contributed by atoms with Crippen LogP contribution in [0.25, 0.3) is 0 Å². The zero-order valence-corrected chi connectivity index (χ0v) is 14.9. The van der Waals surface area contributed by atoms with Crippen molar-refractivity contribution < 1.29 is 10.6 Å². The summed E-state index contributed by atoms with van der Waals surface area (Å²) in [6.07, 6.45) is 0. The van der Waals surface area contributed by atoms with Crippen LogP contribution < -0.4 is 20.4 Å². The van der Waals surface area contributed by atoms with Crippen molar-refractivity contribution >= 4 is 11.4 Å². The van der Waals surface area contributed by atoms with Crippen LogP contribution in [0.2, 0.25) is 0 Å². The Bertz CT molecular complexity index is 616. The number of para-hydroxylation sites is 1. The van der Waals surface area contributed by atoms with Gasteiger partial charge in [-0.25, -0.2) is 0 Å². The summed E-state index contributed by atoms with van der Waals surface area (Å²) in [6.45, 7) is 5.52. The number of hydrogen-bond donors (Lipinski definition) is 2. The van der Waals surface area contributed by atoms with Gasteiger partial charge in [-0.3, -0.25) is 0 Å². The molecule has 4 nitrogen and oxygen atoms in total. The van der Waals surface area contributed by atoms with Crippen LogP contribution in [-0.4, -0.2) is 46.8 Å². The van der Waals surface area contributed by atoms with Gasteiger partial charge in [-0.1, -0.05) is 30.3 Å². The molecule has 1 fully saturated rings. The Labute approximate surface area is 145 Å². The molecular weight excluding hydrogens is 296 g/mol. The van der Waals surface area contributed by atoms with Gasteiger partial charge < -0.3 is 20.4 Å². The van der Waals surface area contributed by atoms with E-state index in [1.54, 1.807) is 4.90 Å². The third-order valence-corrected chi connectivity index (χ3v) is 5.12. The van der Waals surface area contributed by atoms with Crippen LogP contribution in [0.15, 0.2) is 54.6 Å². The summed E-state index contributed by atoms with van der Waals surface area (Å²) >= 11 is 0. The maximum Gasteiger partial charge on any atom is 0.163 e. The van der Waals surface area contributed by atoms with E-state index < -0.39 is 0 Å². The predicted octanol–water partition coefficient (Wildman–Crippen LogP) is 0.441. The summed E-state index contributed by atoms with van der Waals surface area (Å²) in [5, 5.41) is 0. The first-order valence-corrected chi connectivity index (χ1v) is 8.90. The molecule has 0 radical (unpaired) electrons. The molecule has 128 valence electrons. The van der Waals surface area contributed by atoms with Gasteiger partial charge in [-0.2, -0.15) is 0 Å². The molecule has 0 saturated carbocycles. The quantitative estimate of drug-likeness (QED) is 0.837. The molecular formula is C20H30N4+2. The second-order valence-corrected chi connectivity index (χ2v) is 6.81. The molecule has 4 N–H and O–H groups in total. The number of rotatable bonds is 5. The van der Waals surface area contributed by atoms with Crippen LogP contribution in [0, 0.1) is 0 Å². The third-order valence-electron chi connectivity index (χ3n) is 5.12. The molecule has 1 heterocycles. The second kappa shape index (κ2) is 7.69. The second-order valence-electron chi connectivity index (χ2n) is 6.81. The van der Waals surface area contributed by atoms with Crippen molar-refractivity contribution in [1.29, 1.82) is 0 Å². The third kappa shape index (κ3) is 3.71. The summed E-state index contributed by atoms with van der Waals surface area (Å²) in [5.41, 5.74) is 8.24. The van der Waals surface area contributed by atoms with E-state index in [4.69, 9.17) is 0 Å². The van der Waals surface area contributed by atoms with Gasteiger partial charge in [0.1, 0.15) is 6.54 Å². The van der Waals surface area contributed by atoms with Crippen molar-refractivity contribution in [2.75, 3.05) is 56.6 Å². The summed E-state index contributed by atoms with van der Waals surface area (Å²) in [7, 11) is 4.17. The molecule has 1 atom stereocenters. The Kier molecular flexibility index (Phi) is 5.38. The molecule has 0 aromatic heterocycles. The molecule has 0 aliphatic carbocycles. The first-order chi connectivity index (χ1) is 11.7. The van der Waals surface area contributed by atoms with Gasteiger partial charge in [0.05, 0.1) is 26.2 Å². The first kappa shape index (κ1) is 16.8. The number of nitrogens with one attached hydrogen (secondary N) is 1. The number of anilines is 2. The fourth-order valence-corrected chi connectivity index (χ4v) is 3.65. The number of benzene rings is 2. The molecule has 2 aromatic rings. The average Bonchev–Trinajstić information content (AvgIpc) is 2.64. The van der Waals surface area contributed by atoms with Crippen molar-refractivity contribution in [2.24, 2.45) is 0 Å². The Hall–Kier alpha value is -2.04. The lowest BCUT2D eigenvalue weighted by molar-refractivity contribution is -0.938. The topological polar surface area (TPSA) is 38.6 Å². The van der Waals surface area contributed by atoms with Gasteiger partial charge in [0.15, 0.2) is 6.04 Å². The van der Waals surface area contributed by atoms with Crippen molar-refractivity contribution in [3.05, 3.63) is 60.2 Å². The van der Waals surface area contributed by atoms with Crippen LogP contribution in [0.5, 0.6) is 0 Å². The lowest BCUT2D eigenvalue weighted by Gasteiger charge is -2.36. The molecule has 0 bridgehead atoms. The van der Waals surface area contributed by atoms with Crippen molar-refractivity contribution in [2.45, 2.75) is 6.04 Å². The smallest absolute Gasteiger partial charge is 0.163 e. The normalized spacial score (nSPS) is 16.9. The van der Waals surface area contributed by atoms with Crippen molar-refractivity contribution in [3.63, 3.8) is 0 Å². The number of piperazine rings is 1. The fraction of sp³-hybridized carbons (Fsp3) is 0.400. The van der Waals surface area contributed by atoms with Gasteiger partial charge in [0.2, 0.25) is 0 Å². The van der Waals surface area contributed by atoms with Crippen molar-refractivity contribution in [3.8, 4) is 0 Å². The summed E-state index contributed by atoms with van der Waals surface area (Å²) < 4.78 is 0. The van der Waals surface area contributed by atoms with E-state index in [1.165, 1.54) is 30.0 Å². The van der Waals surface area contributed by atoms with Gasteiger partial charge in [-0.05, 0) is 24.3 Å². The molecule has 0 unspecified atom stereocenters.